The Kier molecular flexibility index (Phi) is 8.48. The summed E-state index contributed by atoms with van der Waals surface area (Å²) in [6, 6.07) is 17.5. The third kappa shape index (κ3) is 6.58. The highest BCUT2D eigenvalue weighted by molar-refractivity contribution is 8.00. The molecule has 3 aromatic rings. The number of nitrogens with one attached hydrogen (secondary N) is 2. The number of aromatic nitrogens is 3. The van der Waals surface area contributed by atoms with Gasteiger partial charge < -0.3 is 10.2 Å². The zero-order valence-corrected chi connectivity index (χ0v) is 19.9. The molecule has 1 heterocycles. The monoisotopic (exact) mass is 467 g/mol. The summed E-state index contributed by atoms with van der Waals surface area (Å²) in [6.07, 6.45) is 1.48. The van der Waals surface area contributed by atoms with Crippen molar-refractivity contribution >= 4 is 29.3 Å². The van der Waals surface area contributed by atoms with Gasteiger partial charge in [0.1, 0.15) is 0 Å². The molecule has 0 saturated heterocycles. The fourth-order valence-corrected chi connectivity index (χ4v) is 4.43. The predicted octanol–water partition coefficient (Wildman–Crippen LogP) is 2.95. The molecule has 1 aromatic heterocycles. The molecule has 0 bridgehead atoms. The van der Waals surface area contributed by atoms with Crippen molar-refractivity contribution in [3.63, 3.8) is 0 Å². The molecule has 1 unspecified atom stereocenters. The van der Waals surface area contributed by atoms with Crippen molar-refractivity contribution in [1.82, 2.24) is 19.7 Å². The second kappa shape index (κ2) is 11.5. The highest BCUT2D eigenvalue weighted by Gasteiger charge is 2.23. The number of aryl methyl sites for hydroxylation is 2. The number of thioether (sulfide) groups is 1. The fraction of sp³-hybridized carbons (Fsp3) is 0.333. The Morgan fingerprint density at radius 3 is 2.58 bits per heavy atom. The van der Waals surface area contributed by atoms with Crippen LogP contribution in [-0.4, -0.2) is 50.3 Å². The predicted molar refractivity (Wildman–Crippen MR) is 130 cm³/mol. The van der Waals surface area contributed by atoms with Crippen molar-refractivity contribution in [2.45, 2.75) is 43.6 Å². The molecule has 1 atom stereocenters. The van der Waals surface area contributed by atoms with Crippen LogP contribution in [0.25, 0.3) is 0 Å². The van der Waals surface area contributed by atoms with E-state index in [9.17, 15) is 14.4 Å². The topological polar surface area (TPSA) is 100 Å². The summed E-state index contributed by atoms with van der Waals surface area (Å²) in [5, 5.41) is 9.36. The molecular weight excluding hydrogens is 438 g/mol. The fourth-order valence-electron chi connectivity index (χ4n) is 3.43. The van der Waals surface area contributed by atoms with Gasteiger partial charge in [0.25, 0.3) is 0 Å². The highest BCUT2D eigenvalue weighted by atomic mass is 32.2. The van der Waals surface area contributed by atoms with E-state index in [4.69, 9.17) is 0 Å². The molecule has 0 aliphatic carbocycles. The van der Waals surface area contributed by atoms with Crippen molar-refractivity contribution in [2.75, 3.05) is 18.9 Å². The second-order valence-corrected chi connectivity index (χ2v) is 9.02. The molecule has 9 heteroatoms. The molecule has 2 N–H and O–H groups in total. The number of benzene rings is 2. The van der Waals surface area contributed by atoms with Crippen molar-refractivity contribution in [1.29, 1.82) is 0 Å². The molecule has 0 aliphatic heterocycles. The van der Waals surface area contributed by atoms with Crippen LogP contribution in [0, 0.1) is 0 Å². The Morgan fingerprint density at radius 1 is 1.15 bits per heavy atom. The zero-order chi connectivity index (χ0) is 23.8. The van der Waals surface area contributed by atoms with Gasteiger partial charge in [0, 0.05) is 19.3 Å². The maximum Gasteiger partial charge on any atom is 0.343 e. The molecule has 33 heavy (non-hydrogen) atoms. The molecule has 8 nitrogen and oxygen atoms in total. The van der Waals surface area contributed by atoms with Crippen LogP contribution in [0.2, 0.25) is 0 Å². The van der Waals surface area contributed by atoms with Crippen LogP contribution >= 0.6 is 11.8 Å². The Labute approximate surface area is 197 Å². The van der Waals surface area contributed by atoms with Crippen molar-refractivity contribution in [3.05, 3.63) is 76.2 Å². The van der Waals surface area contributed by atoms with E-state index < -0.39 is 5.25 Å². The lowest BCUT2D eigenvalue weighted by Crippen LogP contribution is -2.39. The Balaban J connectivity index is 1.57. The quantitative estimate of drug-likeness (QED) is 0.447. The SMILES string of the molecule is CCc1ccccc1NC(=O)CN(C)C(=O)C(C)Sc1n[nH]c(=O)n1CCc1ccccc1. The molecular formula is C24H29N5O3S. The number of H-pyrrole nitrogens is 1. The van der Waals surface area contributed by atoms with E-state index in [0.717, 1.165) is 23.2 Å². The maximum absolute atomic E-state index is 12.9. The van der Waals surface area contributed by atoms with Crippen LogP contribution in [0.3, 0.4) is 0 Å². The molecule has 3 rings (SSSR count). The van der Waals surface area contributed by atoms with Crippen LogP contribution < -0.4 is 11.0 Å². The smallest absolute Gasteiger partial charge is 0.335 e. The number of carbonyl (C=O) groups excluding carboxylic acids is 2. The van der Waals surface area contributed by atoms with E-state index in [1.54, 1.807) is 14.0 Å². The first-order chi connectivity index (χ1) is 15.9. The largest absolute Gasteiger partial charge is 0.343 e. The van der Waals surface area contributed by atoms with Gasteiger partial charge in [0.05, 0.1) is 11.8 Å². The minimum absolute atomic E-state index is 0.0663. The Morgan fingerprint density at radius 2 is 1.85 bits per heavy atom. The molecule has 2 aromatic carbocycles. The number of likely N-dealkylation sites (N-methyl/N-ethyl adjacent to an activating group) is 1. The first-order valence-electron chi connectivity index (χ1n) is 10.9. The third-order valence-electron chi connectivity index (χ3n) is 5.25. The van der Waals surface area contributed by atoms with Gasteiger partial charge in [-0.3, -0.25) is 14.2 Å². The van der Waals surface area contributed by atoms with Gasteiger partial charge >= 0.3 is 5.69 Å². The lowest BCUT2D eigenvalue weighted by Gasteiger charge is -2.21. The van der Waals surface area contributed by atoms with Gasteiger partial charge in [-0.25, -0.2) is 9.89 Å². The van der Waals surface area contributed by atoms with Gasteiger partial charge in [-0.15, -0.1) is 5.10 Å². The normalized spacial score (nSPS) is 11.7. The number of hydrogen-bond donors (Lipinski definition) is 2. The number of anilines is 1. The maximum atomic E-state index is 12.9. The van der Waals surface area contributed by atoms with E-state index >= 15 is 0 Å². The number of rotatable bonds is 10. The summed E-state index contributed by atoms with van der Waals surface area (Å²) in [5.74, 6) is -0.479. The molecule has 2 amide bonds. The van der Waals surface area contributed by atoms with Crippen LogP contribution in [0.15, 0.2) is 64.5 Å². The van der Waals surface area contributed by atoms with Crippen molar-refractivity contribution in [3.8, 4) is 0 Å². The summed E-state index contributed by atoms with van der Waals surface area (Å²) in [7, 11) is 1.59. The molecule has 0 spiro atoms. The second-order valence-electron chi connectivity index (χ2n) is 7.71. The van der Waals surface area contributed by atoms with Gasteiger partial charge in [-0.05, 0) is 37.0 Å². The summed E-state index contributed by atoms with van der Waals surface area (Å²) in [6.45, 7) is 4.16. The highest BCUT2D eigenvalue weighted by Crippen LogP contribution is 2.22. The molecule has 0 radical (unpaired) electrons. The lowest BCUT2D eigenvalue weighted by atomic mass is 10.1. The van der Waals surface area contributed by atoms with E-state index in [-0.39, 0.29) is 24.0 Å². The number of amides is 2. The van der Waals surface area contributed by atoms with Crippen LogP contribution in [0.1, 0.15) is 25.0 Å². The first kappa shape index (κ1) is 24.3. The number of hydrogen-bond acceptors (Lipinski definition) is 5. The molecule has 0 saturated carbocycles. The lowest BCUT2D eigenvalue weighted by molar-refractivity contribution is -0.132. The van der Waals surface area contributed by atoms with E-state index in [2.05, 4.69) is 15.5 Å². The van der Waals surface area contributed by atoms with Crippen molar-refractivity contribution in [2.24, 2.45) is 0 Å². The minimum Gasteiger partial charge on any atom is -0.335 e. The minimum atomic E-state index is -0.517. The van der Waals surface area contributed by atoms with Crippen molar-refractivity contribution < 1.29 is 9.59 Å². The Bertz CT molecular complexity index is 1140. The van der Waals surface area contributed by atoms with E-state index in [0.29, 0.717) is 18.1 Å². The average molecular weight is 468 g/mol. The van der Waals surface area contributed by atoms with Gasteiger partial charge in [0.15, 0.2) is 5.16 Å². The van der Waals surface area contributed by atoms with E-state index in [1.807, 2.05) is 61.5 Å². The molecule has 0 fully saturated rings. The summed E-state index contributed by atoms with van der Waals surface area (Å²) >= 11 is 1.20. The van der Waals surface area contributed by atoms with Gasteiger partial charge in [0.2, 0.25) is 11.8 Å². The summed E-state index contributed by atoms with van der Waals surface area (Å²) in [5.41, 5.74) is 2.60. The Hall–Kier alpha value is -3.33. The number of para-hydroxylation sites is 1. The van der Waals surface area contributed by atoms with Crippen LogP contribution in [0.4, 0.5) is 5.69 Å². The van der Waals surface area contributed by atoms with Crippen LogP contribution in [0.5, 0.6) is 0 Å². The van der Waals surface area contributed by atoms with Crippen LogP contribution in [-0.2, 0) is 29.0 Å². The van der Waals surface area contributed by atoms with Gasteiger partial charge in [-0.1, -0.05) is 67.2 Å². The zero-order valence-electron chi connectivity index (χ0n) is 19.1. The summed E-state index contributed by atoms with van der Waals surface area (Å²) < 4.78 is 1.54. The first-order valence-corrected chi connectivity index (χ1v) is 11.8. The third-order valence-corrected chi connectivity index (χ3v) is 6.33. The summed E-state index contributed by atoms with van der Waals surface area (Å²) in [4.78, 5) is 38.9. The number of nitrogens with zero attached hydrogens (tertiary/aromatic N) is 3. The van der Waals surface area contributed by atoms with Gasteiger partial charge in [-0.2, -0.15) is 0 Å². The number of aromatic amines is 1. The van der Waals surface area contributed by atoms with E-state index in [1.165, 1.54) is 21.2 Å². The number of carbonyl (C=O) groups is 2. The molecule has 174 valence electrons. The average Bonchev–Trinajstić information content (AvgIpc) is 3.16. The molecule has 0 aliphatic rings. The standard InChI is InChI=1S/C24H29N5O3S/c1-4-19-12-8-9-13-20(19)25-21(30)16-28(3)22(31)17(2)33-24-27-26-23(32)29(24)15-14-18-10-6-5-7-11-18/h5-13,17H,4,14-16H2,1-3H3,(H,25,30)(H,26,32).